The van der Waals surface area contributed by atoms with Gasteiger partial charge in [0.25, 0.3) is 0 Å². The minimum absolute atomic E-state index is 0.0240. The van der Waals surface area contributed by atoms with E-state index >= 15 is 0 Å². The second-order valence-electron chi connectivity index (χ2n) is 9.49. The summed E-state index contributed by atoms with van der Waals surface area (Å²) in [4.78, 5) is 40.3. The highest BCUT2D eigenvalue weighted by atomic mass is 32.2. The Morgan fingerprint density at radius 3 is 2.38 bits per heavy atom. The number of amides is 1. The first-order valence-electron chi connectivity index (χ1n) is 12.6. The molecule has 1 aliphatic rings. The van der Waals surface area contributed by atoms with Gasteiger partial charge in [0.1, 0.15) is 11.6 Å². The van der Waals surface area contributed by atoms with Crippen molar-refractivity contribution in [3.05, 3.63) is 76.5 Å². The van der Waals surface area contributed by atoms with E-state index in [1.807, 2.05) is 26.8 Å². The van der Waals surface area contributed by atoms with Gasteiger partial charge in [0.15, 0.2) is 15.6 Å². The maximum atomic E-state index is 13.6. The Kier molecular flexibility index (Phi) is 7.54. The number of Topliss-reactive ketones (excluding diaryl/α,β-unsaturated/α-hetero) is 1. The number of benzene rings is 1. The number of aryl methyl sites for hydroxylation is 3. The van der Waals surface area contributed by atoms with Crippen molar-refractivity contribution in [1.82, 2.24) is 15.0 Å². The van der Waals surface area contributed by atoms with Crippen LogP contribution in [0.15, 0.2) is 47.4 Å². The van der Waals surface area contributed by atoms with Crippen LogP contribution in [0.5, 0.6) is 0 Å². The molecule has 4 rings (SSSR count). The van der Waals surface area contributed by atoms with Crippen LogP contribution in [0, 0.1) is 0 Å². The molecule has 1 unspecified atom stereocenters. The molecule has 37 heavy (non-hydrogen) atoms. The quantitative estimate of drug-likeness (QED) is 0.476. The summed E-state index contributed by atoms with van der Waals surface area (Å²) in [5.41, 5.74) is 2.83. The minimum atomic E-state index is -3.28. The number of carbonyl (C=O) groups is 2. The summed E-state index contributed by atoms with van der Waals surface area (Å²) in [5.74, 6) is 0.854. The summed E-state index contributed by atoms with van der Waals surface area (Å²) >= 11 is 0. The Morgan fingerprint density at radius 2 is 1.73 bits per heavy atom. The molecule has 2 heterocycles. The predicted octanol–water partition coefficient (Wildman–Crippen LogP) is 4.06. The number of rotatable bonds is 8. The van der Waals surface area contributed by atoms with Crippen molar-refractivity contribution in [3.8, 4) is 0 Å². The van der Waals surface area contributed by atoms with Gasteiger partial charge in [0, 0.05) is 17.7 Å². The van der Waals surface area contributed by atoms with Gasteiger partial charge in [-0.05, 0) is 62.1 Å². The van der Waals surface area contributed by atoms with Crippen LogP contribution in [-0.2, 0) is 45.7 Å². The number of aromatic nitrogens is 3. The molecule has 1 N–H and O–H groups in total. The van der Waals surface area contributed by atoms with Gasteiger partial charge in [-0.1, -0.05) is 32.9 Å². The molecule has 0 radical (unpaired) electrons. The molecular formula is C28H32N4O4S. The summed E-state index contributed by atoms with van der Waals surface area (Å²) in [6.07, 6.45) is 2.71. The highest BCUT2D eigenvalue weighted by Gasteiger charge is 2.42. The Hall–Kier alpha value is -3.46. The number of hydrogen-bond donors (Lipinski definition) is 1. The second kappa shape index (κ2) is 10.5. The van der Waals surface area contributed by atoms with Crippen LogP contribution in [0.2, 0.25) is 0 Å². The largest absolute Gasteiger partial charge is 0.310 e. The lowest BCUT2D eigenvalue weighted by molar-refractivity contribution is -0.115. The van der Waals surface area contributed by atoms with Crippen molar-refractivity contribution in [2.75, 3.05) is 11.1 Å². The molecule has 1 aliphatic carbocycles. The third-order valence-electron chi connectivity index (χ3n) is 6.95. The van der Waals surface area contributed by atoms with Crippen LogP contribution in [0.4, 0.5) is 5.82 Å². The number of fused-ring (bicyclic) bond motifs is 1. The molecule has 2 aromatic heterocycles. The minimum Gasteiger partial charge on any atom is -0.310 e. The molecule has 3 aromatic rings. The van der Waals surface area contributed by atoms with Crippen LogP contribution in [0.1, 0.15) is 72.9 Å². The molecule has 0 saturated carbocycles. The highest BCUT2D eigenvalue weighted by Crippen LogP contribution is 2.37. The lowest BCUT2D eigenvalue weighted by Gasteiger charge is -2.33. The van der Waals surface area contributed by atoms with E-state index in [1.54, 1.807) is 31.2 Å². The van der Waals surface area contributed by atoms with E-state index in [-0.39, 0.29) is 28.8 Å². The Bertz CT molecular complexity index is 1430. The number of pyridine rings is 1. The monoisotopic (exact) mass is 520 g/mol. The number of hydrogen-bond acceptors (Lipinski definition) is 7. The normalized spacial score (nSPS) is 17.4. The van der Waals surface area contributed by atoms with E-state index in [4.69, 9.17) is 4.98 Å². The average molecular weight is 521 g/mol. The first-order chi connectivity index (χ1) is 17.6. The SMILES string of the molecule is CCc1cc(C2(C)CCc3nc(NC(=O)Cc4ccc(S(=O)(=O)CC)cc4)ccc3C2=O)nc(CC)n1. The topological polar surface area (TPSA) is 119 Å². The molecule has 194 valence electrons. The summed E-state index contributed by atoms with van der Waals surface area (Å²) in [7, 11) is -3.28. The van der Waals surface area contributed by atoms with Crippen LogP contribution in [0.25, 0.3) is 0 Å². The van der Waals surface area contributed by atoms with E-state index < -0.39 is 15.3 Å². The molecule has 0 spiro atoms. The lowest BCUT2D eigenvalue weighted by atomic mass is 9.70. The van der Waals surface area contributed by atoms with Crippen molar-refractivity contribution in [3.63, 3.8) is 0 Å². The maximum Gasteiger partial charge on any atom is 0.229 e. The first kappa shape index (κ1) is 26.6. The number of sulfone groups is 1. The molecule has 0 saturated heterocycles. The molecule has 8 nitrogen and oxygen atoms in total. The molecule has 1 amide bonds. The molecule has 0 aliphatic heterocycles. The van der Waals surface area contributed by atoms with E-state index in [0.717, 1.165) is 23.6 Å². The van der Waals surface area contributed by atoms with Crippen LogP contribution in [0.3, 0.4) is 0 Å². The van der Waals surface area contributed by atoms with Gasteiger partial charge in [-0.3, -0.25) is 9.59 Å². The molecular weight excluding hydrogens is 488 g/mol. The van der Waals surface area contributed by atoms with Gasteiger partial charge in [-0.15, -0.1) is 0 Å². The highest BCUT2D eigenvalue weighted by molar-refractivity contribution is 7.91. The summed E-state index contributed by atoms with van der Waals surface area (Å²) < 4.78 is 24.0. The van der Waals surface area contributed by atoms with Crippen LogP contribution >= 0.6 is 0 Å². The van der Waals surface area contributed by atoms with Crippen LogP contribution in [-0.4, -0.2) is 40.8 Å². The molecule has 0 bridgehead atoms. The van der Waals surface area contributed by atoms with E-state index in [1.165, 1.54) is 12.1 Å². The van der Waals surface area contributed by atoms with Crippen molar-refractivity contribution in [2.24, 2.45) is 0 Å². The van der Waals surface area contributed by atoms with Gasteiger partial charge in [-0.25, -0.2) is 23.4 Å². The fraction of sp³-hybridized carbons (Fsp3) is 0.393. The second-order valence-corrected chi connectivity index (χ2v) is 11.8. The summed E-state index contributed by atoms with van der Waals surface area (Å²) in [5, 5.41) is 2.79. The summed E-state index contributed by atoms with van der Waals surface area (Å²) in [6, 6.07) is 11.6. The zero-order chi connectivity index (χ0) is 26.8. The van der Waals surface area contributed by atoms with Crippen molar-refractivity contribution < 1.29 is 18.0 Å². The number of nitrogens with zero attached hydrogens (tertiary/aromatic N) is 3. The zero-order valence-corrected chi connectivity index (χ0v) is 22.5. The molecule has 0 fully saturated rings. The Morgan fingerprint density at radius 1 is 1.00 bits per heavy atom. The number of ketones is 1. The van der Waals surface area contributed by atoms with Gasteiger partial charge in [0.2, 0.25) is 5.91 Å². The Balaban J connectivity index is 1.49. The lowest BCUT2D eigenvalue weighted by Crippen LogP contribution is -2.39. The molecule has 9 heteroatoms. The van der Waals surface area contributed by atoms with E-state index in [2.05, 4.69) is 15.3 Å². The third-order valence-corrected chi connectivity index (χ3v) is 8.70. The van der Waals surface area contributed by atoms with Crippen molar-refractivity contribution in [1.29, 1.82) is 0 Å². The summed E-state index contributed by atoms with van der Waals surface area (Å²) in [6.45, 7) is 7.57. The fourth-order valence-electron chi connectivity index (χ4n) is 4.52. The third kappa shape index (κ3) is 5.46. The standard InChI is InChI=1S/C28H32N4O4S/c1-5-19-17-23(31-24(6-2)29-19)28(4)15-14-22-21(27(28)34)12-13-25(30-22)32-26(33)16-18-8-10-20(11-9-18)37(35,36)7-3/h8-13,17H,5-7,14-16H2,1-4H3,(H,30,32,33). The van der Waals surface area contributed by atoms with Crippen molar-refractivity contribution in [2.45, 2.75) is 70.1 Å². The van der Waals surface area contributed by atoms with Gasteiger partial charge < -0.3 is 5.32 Å². The van der Waals surface area contributed by atoms with Crippen LogP contribution < -0.4 is 5.32 Å². The smallest absolute Gasteiger partial charge is 0.229 e. The maximum absolute atomic E-state index is 13.6. The van der Waals surface area contributed by atoms with Gasteiger partial charge >= 0.3 is 0 Å². The predicted molar refractivity (Wildman–Crippen MR) is 142 cm³/mol. The fourth-order valence-corrected chi connectivity index (χ4v) is 5.40. The Labute approximate surface area is 217 Å². The molecule has 1 aromatic carbocycles. The van der Waals surface area contributed by atoms with Crippen molar-refractivity contribution >= 4 is 27.3 Å². The molecule has 1 atom stereocenters. The zero-order valence-electron chi connectivity index (χ0n) is 21.7. The van der Waals surface area contributed by atoms with E-state index in [0.29, 0.717) is 41.9 Å². The van der Waals surface area contributed by atoms with E-state index in [9.17, 15) is 18.0 Å². The van der Waals surface area contributed by atoms with Gasteiger partial charge in [0.05, 0.1) is 33.9 Å². The average Bonchev–Trinajstić information content (AvgIpc) is 2.90. The van der Waals surface area contributed by atoms with Gasteiger partial charge in [-0.2, -0.15) is 0 Å². The number of anilines is 1. The first-order valence-corrected chi connectivity index (χ1v) is 14.3. The number of carbonyl (C=O) groups excluding carboxylic acids is 2. The number of nitrogens with one attached hydrogen (secondary N) is 1.